The molecule has 0 radical (unpaired) electrons. The zero-order valence-electron chi connectivity index (χ0n) is 12.1. The zero-order chi connectivity index (χ0) is 15.6. The monoisotopic (exact) mass is 310 g/mol. The molecule has 0 unspecified atom stereocenters. The molecule has 1 aromatic heterocycles. The molecule has 0 spiro atoms. The summed E-state index contributed by atoms with van der Waals surface area (Å²) in [5.41, 5.74) is 0.720. The van der Waals surface area contributed by atoms with Crippen LogP contribution < -0.4 is 9.88 Å². The summed E-state index contributed by atoms with van der Waals surface area (Å²) in [7, 11) is -3.90. The number of nitrogens with zero attached hydrogens (tertiary/aromatic N) is 3. The van der Waals surface area contributed by atoms with Gasteiger partial charge in [0.2, 0.25) is 0 Å². The molecular weight excluding hydrogens is 292 g/mol. The second-order valence-electron chi connectivity index (χ2n) is 4.79. The Kier molecular flexibility index (Phi) is 4.29. The zero-order valence-corrected chi connectivity index (χ0v) is 13.0. The van der Waals surface area contributed by atoms with Crippen LogP contribution in [0.2, 0.25) is 0 Å². The number of ether oxygens (including phenoxy) is 1. The Bertz CT molecular complexity index is 738. The molecule has 0 fully saturated rings. The Morgan fingerprint density at radius 2 is 2.05 bits per heavy atom. The lowest BCUT2D eigenvalue weighted by Gasteiger charge is -2.11. The number of rotatable bonds is 5. The van der Waals surface area contributed by atoms with Gasteiger partial charge in [0.25, 0.3) is 15.2 Å². The minimum absolute atomic E-state index is 0.0456. The molecule has 0 aliphatic rings. The average molecular weight is 310 g/mol. The van der Waals surface area contributed by atoms with Crippen molar-refractivity contribution in [3.05, 3.63) is 24.3 Å². The van der Waals surface area contributed by atoms with Crippen LogP contribution in [-0.4, -0.2) is 29.3 Å². The first kappa shape index (κ1) is 15.5. The highest BCUT2D eigenvalue weighted by Gasteiger charge is 2.21. The van der Waals surface area contributed by atoms with E-state index in [0.29, 0.717) is 18.1 Å². The molecule has 0 atom stereocenters. The smallest absolute Gasteiger partial charge is 0.273 e. The lowest BCUT2D eigenvalue weighted by Crippen LogP contribution is -2.18. The molecule has 114 valence electrons. The van der Waals surface area contributed by atoms with Crippen LogP contribution in [0.3, 0.4) is 0 Å². The first-order valence-electron chi connectivity index (χ1n) is 6.56. The summed E-state index contributed by atoms with van der Waals surface area (Å²) < 4.78 is 30.1. The normalized spacial score (nSPS) is 11.9. The molecule has 0 saturated heterocycles. The Balaban J connectivity index is 2.50. The second-order valence-corrected chi connectivity index (χ2v) is 6.25. The standard InChI is InChI=1S/C13H18N4O3S/c1-4-17-12(15-16-13(17)21(14,18)19)10-6-5-7-11(8-10)20-9(2)3/h5-9H,4H2,1-3H3,(H2,14,18,19). The Labute approximate surface area is 123 Å². The quantitative estimate of drug-likeness (QED) is 0.899. The summed E-state index contributed by atoms with van der Waals surface area (Å²) in [6, 6.07) is 7.26. The van der Waals surface area contributed by atoms with Gasteiger partial charge in [-0.3, -0.25) is 4.57 Å². The molecule has 0 saturated carbocycles. The van der Waals surface area contributed by atoms with Gasteiger partial charge in [-0.25, -0.2) is 13.6 Å². The summed E-state index contributed by atoms with van der Waals surface area (Å²) in [5.74, 6) is 1.13. The minimum Gasteiger partial charge on any atom is -0.491 e. The molecule has 1 heterocycles. The van der Waals surface area contributed by atoms with E-state index in [9.17, 15) is 8.42 Å². The van der Waals surface area contributed by atoms with E-state index in [2.05, 4.69) is 10.2 Å². The van der Waals surface area contributed by atoms with Crippen LogP contribution in [0.5, 0.6) is 5.75 Å². The Morgan fingerprint density at radius 1 is 1.33 bits per heavy atom. The molecule has 0 bridgehead atoms. The fourth-order valence-corrected chi connectivity index (χ4v) is 2.66. The van der Waals surface area contributed by atoms with Gasteiger partial charge in [-0.2, -0.15) is 0 Å². The van der Waals surface area contributed by atoms with Crippen molar-refractivity contribution in [3.8, 4) is 17.1 Å². The van der Waals surface area contributed by atoms with Crippen LogP contribution in [0, 0.1) is 0 Å². The van der Waals surface area contributed by atoms with Gasteiger partial charge in [0, 0.05) is 12.1 Å². The van der Waals surface area contributed by atoms with Crippen molar-refractivity contribution in [2.75, 3.05) is 0 Å². The summed E-state index contributed by atoms with van der Waals surface area (Å²) >= 11 is 0. The Morgan fingerprint density at radius 3 is 2.62 bits per heavy atom. The number of sulfonamides is 1. The van der Waals surface area contributed by atoms with Crippen LogP contribution in [0.4, 0.5) is 0 Å². The first-order chi connectivity index (χ1) is 9.82. The maximum Gasteiger partial charge on any atom is 0.273 e. The number of hydrogen-bond acceptors (Lipinski definition) is 5. The van der Waals surface area contributed by atoms with Crippen LogP contribution in [0.1, 0.15) is 20.8 Å². The van der Waals surface area contributed by atoms with E-state index in [0.717, 1.165) is 5.56 Å². The lowest BCUT2D eigenvalue weighted by atomic mass is 10.2. The van der Waals surface area contributed by atoms with Gasteiger partial charge in [-0.15, -0.1) is 10.2 Å². The van der Waals surface area contributed by atoms with E-state index < -0.39 is 10.0 Å². The van der Waals surface area contributed by atoms with Crippen molar-refractivity contribution in [2.24, 2.45) is 5.14 Å². The van der Waals surface area contributed by atoms with E-state index in [1.165, 1.54) is 4.57 Å². The average Bonchev–Trinajstić information content (AvgIpc) is 2.81. The van der Waals surface area contributed by atoms with Crippen LogP contribution in [-0.2, 0) is 16.6 Å². The third kappa shape index (κ3) is 3.40. The van der Waals surface area contributed by atoms with Gasteiger partial charge in [0.15, 0.2) is 5.82 Å². The Hall–Kier alpha value is -1.93. The molecule has 8 heteroatoms. The van der Waals surface area contributed by atoms with Crippen molar-refractivity contribution in [2.45, 2.75) is 38.6 Å². The molecule has 7 nitrogen and oxygen atoms in total. The number of nitrogens with two attached hydrogens (primary N) is 1. The highest BCUT2D eigenvalue weighted by atomic mass is 32.2. The topological polar surface area (TPSA) is 100 Å². The van der Waals surface area contributed by atoms with Gasteiger partial charge < -0.3 is 4.74 Å². The number of primary sulfonamides is 1. The summed E-state index contributed by atoms with van der Waals surface area (Å²) in [4.78, 5) is 0. The molecular formula is C13H18N4O3S. The molecule has 2 N–H and O–H groups in total. The van der Waals surface area contributed by atoms with Crippen molar-refractivity contribution < 1.29 is 13.2 Å². The highest BCUT2D eigenvalue weighted by molar-refractivity contribution is 7.89. The van der Waals surface area contributed by atoms with Crippen LogP contribution in [0.25, 0.3) is 11.4 Å². The maximum atomic E-state index is 11.5. The van der Waals surface area contributed by atoms with E-state index >= 15 is 0 Å². The van der Waals surface area contributed by atoms with E-state index in [4.69, 9.17) is 9.88 Å². The van der Waals surface area contributed by atoms with Gasteiger partial charge in [0.05, 0.1) is 6.10 Å². The van der Waals surface area contributed by atoms with E-state index in [1.54, 1.807) is 13.0 Å². The van der Waals surface area contributed by atoms with Gasteiger partial charge in [-0.1, -0.05) is 12.1 Å². The second kappa shape index (κ2) is 5.82. The fraction of sp³-hybridized carbons (Fsp3) is 0.385. The largest absolute Gasteiger partial charge is 0.491 e. The van der Waals surface area contributed by atoms with Crippen LogP contribution in [0.15, 0.2) is 29.4 Å². The highest BCUT2D eigenvalue weighted by Crippen LogP contribution is 2.24. The lowest BCUT2D eigenvalue weighted by molar-refractivity contribution is 0.242. The van der Waals surface area contributed by atoms with Crippen molar-refractivity contribution >= 4 is 10.0 Å². The molecule has 1 aromatic carbocycles. The van der Waals surface area contributed by atoms with Gasteiger partial charge in [-0.05, 0) is 32.9 Å². The minimum atomic E-state index is -3.90. The fourth-order valence-electron chi connectivity index (χ4n) is 1.98. The molecule has 2 rings (SSSR count). The molecule has 0 aliphatic heterocycles. The summed E-state index contributed by atoms with van der Waals surface area (Å²) in [5, 5.41) is 12.5. The van der Waals surface area contributed by atoms with Gasteiger partial charge >= 0.3 is 0 Å². The molecule has 0 aliphatic carbocycles. The summed E-state index contributed by atoms with van der Waals surface area (Å²) in [6.07, 6.45) is 0.0456. The number of hydrogen-bond donors (Lipinski definition) is 1. The van der Waals surface area contributed by atoms with Crippen molar-refractivity contribution in [3.63, 3.8) is 0 Å². The molecule has 0 amide bonds. The third-order valence-corrected chi connectivity index (χ3v) is 3.56. The van der Waals surface area contributed by atoms with E-state index in [-0.39, 0.29) is 11.3 Å². The van der Waals surface area contributed by atoms with Crippen LogP contribution >= 0.6 is 0 Å². The molecule has 2 aromatic rings. The van der Waals surface area contributed by atoms with Crippen molar-refractivity contribution in [1.82, 2.24) is 14.8 Å². The predicted octanol–water partition coefficient (Wildman–Crippen LogP) is 1.40. The maximum absolute atomic E-state index is 11.5. The molecule has 21 heavy (non-hydrogen) atoms. The number of aromatic nitrogens is 3. The van der Waals surface area contributed by atoms with Crippen molar-refractivity contribution in [1.29, 1.82) is 0 Å². The predicted molar refractivity (Wildman–Crippen MR) is 78.3 cm³/mol. The summed E-state index contributed by atoms with van der Waals surface area (Å²) in [6.45, 7) is 6.06. The van der Waals surface area contributed by atoms with Gasteiger partial charge in [0.1, 0.15) is 5.75 Å². The SMILES string of the molecule is CCn1c(-c2cccc(OC(C)C)c2)nnc1S(N)(=O)=O. The number of benzene rings is 1. The van der Waals surface area contributed by atoms with E-state index in [1.807, 2.05) is 32.0 Å². The first-order valence-corrected chi connectivity index (χ1v) is 8.10. The third-order valence-electron chi connectivity index (χ3n) is 2.75.